The van der Waals surface area contributed by atoms with Crippen molar-refractivity contribution in [1.82, 2.24) is 9.78 Å². The Balaban J connectivity index is 2.31. The van der Waals surface area contributed by atoms with Gasteiger partial charge in [0.15, 0.2) is 0 Å². The molecule has 2 N–H and O–H groups in total. The Morgan fingerprint density at radius 2 is 2.11 bits per heavy atom. The minimum absolute atomic E-state index is 0.131. The van der Waals surface area contributed by atoms with Crippen LogP contribution in [0.15, 0.2) is 30.5 Å². The summed E-state index contributed by atoms with van der Waals surface area (Å²) < 4.78 is 7.37. The molecule has 1 aromatic heterocycles. The number of rotatable bonds is 4. The molecule has 0 saturated heterocycles. The topological polar surface area (TPSA) is 53.1 Å². The maximum absolute atomic E-state index is 6.26. The molecule has 1 atom stereocenters. The predicted molar refractivity (Wildman–Crippen MR) is 76.5 cm³/mol. The van der Waals surface area contributed by atoms with E-state index in [-0.39, 0.29) is 12.1 Å². The molecule has 0 fully saturated rings. The first kappa shape index (κ1) is 13.9. The van der Waals surface area contributed by atoms with Crippen LogP contribution in [0.2, 0.25) is 5.02 Å². The smallest absolute Gasteiger partial charge is 0.120 e. The van der Waals surface area contributed by atoms with Gasteiger partial charge in [0.1, 0.15) is 5.75 Å². The summed E-state index contributed by atoms with van der Waals surface area (Å²) in [6, 6.07) is 7.42. The van der Waals surface area contributed by atoms with Crippen molar-refractivity contribution in [1.29, 1.82) is 0 Å². The van der Waals surface area contributed by atoms with Crippen molar-refractivity contribution in [3.8, 4) is 5.75 Å². The lowest BCUT2D eigenvalue weighted by molar-refractivity contribution is 0.242. The van der Waals surface area contributed by atoms with Gasteiger partial charge >= 0.3 is 0 Å². The van der Waals surface area contributed by atoms with Crippen molar-refractivity contribution < 1.29 is 4.74 Å². The molecule has 2 aromatic rings. The van der Waals surface area contributed by atoms with Gasteiger partial charge in [0.05, 0.1) is 29.1 Å². The second-order valence-corrected chi connectivity index (χ2v) is 5.13. The van der Waals surface area contributed by atoms with E-state index in [1.54, 1.807) is 10.9 Å². The Kier molecular flexibility index (Phi) is 4.12. The number of aryl methyl sites for hydroxylation is 1. The minimum Gasteiger partial charge on any atom is -0.491 e. The average Bonchev–Trinajstić information content (AvgIpc) is 2.68. The first-order valence-electron chi connectivity index (χ1n) is 6.18. The maximum atomic E-state index is 6.26. The second kappa shape index (κ2) is 5.63. The van der Waals surface area contributed by atoms with Crippen LogP contribution in [0.4, 0.5) is 0 Å². The zero-order chi connectivity index (χ0) is 14.0. The van der Waals surface area contributed by atoms with Crippen LogP contribution in [0.3, 0.4) is 0 Å². The normalized spacial score (nSPS) is 12.7. The molecule has 1 heterocycles. The largest absolute Gasteiger partial charge is 0.491 e. The van der Waals surface area contributed by atoms with Gasteiger partial charge in [0.25, 0.3) is 0 Å². The lowest BCUT2D eigenvalue weighted by atomic mass is 10.0. The molecule has 2 rings (SSSR count). The zero-order valence-electron chi connectivity index (χ0n) is 11.3. The van der Waals surface area contributed by atoms with E-state index in [1.807, 2.05) is 45.2 Å². The summed E-state index contributed by atoms with van der Waals surface area (Å²) in [5, 5.41) is 4.68. The van der Waals surface area contributed by atoms with E-state index in [2.05, 4.69) is 5.10 Å². The van der Waals surface area contributed by atoms with E-state index in [0.717, 1.165) is 17.0 Å². The molecule has 102 valence electrons. The fourth-order valence-electron chi connectivity index (χ4n) is 1.98. The van der Waals surface area contributed by atoms with Gasteiger partial charge < -0.3 is 10.5 Å². The van der Waals surface area contributed by atoms with E-state index < -0.39 is 0 Å². The number of hydrogen-bond donors (Lipinski definition) is 1. The number of nitrogens with two attached hydrogens (primary N) is 1. The predicted octanol–water partition coefficient (Wildman–Crippen LogP) is 2.91. The monoisotopic (exact) mass is 279 g/mol. The number of ether oxygens (including phenoxy) is 1. The number of halogens is 1. The molecule has 0 aliphatic rings. The quantitative estimate of drug-likeness (QED) is 0.936. The number of hydrogen-bond acceptors (Lipinski definition) is 3. The van der Waals surface area contributed by atoms with Gasteiger partial charge in [-0.2, -0.15) is 5.10 Å². The molecule has 1 aromatic carbocycles. The van der Waals surface area contributed by atoms with E-state index in [4.69, 9.17) is 22.1 Å². The first-order valence-corrected chi connectivity index (χ1v) is 6.56. The Bertz CT molecular complexity index is 546. The van der Waals surface area contributed by atoms with E-state index in [1.165, 1.54) is 0 Å². The number of nitrogens with zero attached hydrogens (tertiary/aromatic N) is 2. The molecule has 0 spiro atoms. The van der Waals surface area contributed by atoms with Gasteiger partial charge in [0, 0.05) is 7.05 Å². The van der Waals surface area contributed by atoms with Gasteiger partial charge in [-0.15, -0.1) is 0 Å². The molecule has 5 heteroatoms. The zero-order valence-corrected chi connectivity index (χ0v) is 12.1. The van der Waals surface area contributed by atoms with Gasteiger partial charge in [-0.3, -0.25) is 4.68 Å². The summed E-state index contributed by atoms with van der Waals surface area (Å²) in [7, 11) is 1.83. The molecule has 0 saturated carbocycles. The Hall–Kier alpha value is -1.52. The van der Waals surface area contributed by atoms with E-state index in [0.29, 0.717) is 5.02 Å². The summed E-state index contributed by atoms with van der Waals surface area (Å²) in [5.41, 5.74) is 8.00. The van der Waals surface area contributed by atoms with Crippen molar-refractivity contribution in [3.63, 3.8) is 0 Å². The van der Waals surface area contributed by atoms with Crippen molar-refractivity contribution in [2.24, 2.45) is 12.8 Å². The van der Waals surface area contributed by atoms with Crippen LogP contribution >= 0.6 is 11.6 Å². The molecule has 0 aliphatic heterocycles. The molecule has 1 unspecified atom stereocenters. The summed E-state index contributed by atoms with van der Waals surface area (Å²) in [4.78, 5) is 0. The SMILES string of the molecule is CC(C)Oc1cccc(C(N)c2c(Cl)cnn2C)c1. The fraction of sp³-hybridized carbons (Fsp3) is 0.357. The second-order valence-electron chi connectivity index (χ2n) is 4.72. The van der Waals surface area contributed by atoms with Crippen LogP contribution in [0.5, 0.6) is 5.75 Å². The average molecular weight is 280 g/mol. The van der Waals surface area contributed by atoms with E-state index in [9.17, 15) is 0 Å². The van der Waals surface area contributed by atoms with Crippen LogP contribution in [0.1, 0.15) is 31.1 Å². The summed E-state index contributed by atoms with van der Waals surface area (Å²) >= 11 is 6.12. The van der Waals surface area contributed by atoms with Crippen molar-refractivity contribution in [3.05, 3.63) is 46.7 Å². The highest BCUT2D eigenvalue weighted by molar-refractivity contribution is 6.31. The summed E-state index contributed by atoms with van der Waals surface area (Å²) in [6.07, 6.45) is 1.73. The van der Waals surface area contributed by atoms with Crippen LogP contribution in [-0.2, 0) is 7.05 Å². The molecule has 19 heavy (non-hydrogen) atoms. The lowest BCUT2D eigenvalue weighted by Gasteiger charge is -2.16. The molecule has 4 nitrogen and oxygen atoms in total. The summed E-state index contributed by atoms with van der Waals surface area (Å²) in [6.45, 7) is 3.98. The summed E-state index contributed by atoms with van der Waals surface area (Å²) in [5.74, 6) is 0.807. The van der Waals surface area contributed by atoms with Gasteiger partial charge in [-0.25, -0.2) is 0 Å². The third-order valence-corrected chi connectivity index (χ3v) is 3.11. The highest BCUT2D eigenvalue weighted by Crippen LogP contribution is 2.27. The Morgan fingerprint density at radius 3 is 2.68 bits per heavy atom. The van der Waals surface area contributed by atoms with Crippen LogP contribution in [-0.4, -0.2) is 15.9 Å². The molecule has 0 amide bonds. The van der Waals surface area contributed by atoms with Gasteiger partial charge in [-0.1, -0.05) is 23.7 Å². The highest BCUT2D eigenvalue weighted by atomic mass is 35.5. The Morgan fingerprint density at radius 1 is 1.37 bits per heavy atom. The first-order chi connectivity index (χ1) is 8.99. The molecule has 0 bridgehead atoms. The number of benzene rings is 1. The molecular formula is C14H18ClN3O. The molecule has 0 radical (unpaired) electrons. The highest BCUT2D eigenvalue weighted by Gasteiger charge is 2.17. The third kappa shape index (κ3) is 3.08. The Labute approximate surface area is 118 Å². The van der Waals surface area contributed by atoms with Crippen molar-refractivity contribution in [2.45, 2.75) is 26.0 Å². The van der Waals surface area contributed by atoms with Crippen LogP contribution in [0, 0.1) is 0 Å². The van der Waals surface area contributed by atoms with Crippen molar-refractivity contribution in [2.75, 3.05) is 0 Å². The number of aromatic nitrogens is 2. The van der Waals surface area contributed by atoms with Gasteiger partial charge in [-0.05, 0) is 31.5 Å². The van der Waals surface area contributed by atoms with Crippen LogP contribution in [0.25, 0.3) is 0 Å². The maximum Gasteiger partial charge on any atom is 0.120 e. The minimum atomic E-state index is -0.323. The van der Waals surface area contributed by atoms with Crippen molar-refractivity contribution >= 4 is 11.6 Å². The third-order valence-electron chi connectivity index (χ3n) is 2.82. The molecular weight excluding hydrogens is 262 g/mol. The lowest BCUT2D eigenvalue weighted by Crippen LogP contribution is -2.16. The van der Waals surface area contributed by atoms with E-state index >= 15 is 0 Å². The fourth-order valence-corrected chi connectivity index (χ4v) is 2.26. The standard InChI is InChI=1S/C14H18ClN3O/c1-9(2)19-11-6-4-5-10(7-11)13(16)14-12(15)8-17-18(14)3/h4-9,13H,16H2,1-3H3. The van der Waals surface area contributed by atoms with Gasteiger partial charge in [0.2, 0.25) is 0 Å². The van der Waals surface area contributed by atoms with Crippen LogP contribution < -0.4 is 10.5 Å². The molecule has 0 aliphatic carbocycles.